The molecule has 33 heavy (non-hydrogen) atoms. The lowest BCUT2D eigenvalue weighted by Crippen LogP contribution is -2.28. The monoisotopic (exact) mass is 451 g/mol. The first-order valence-electron chi connectivity index (χ1n) is 11.5. The van der Waals surface area contributed by atoms with Crippen LogP contribution < -0.4 is 5.32 Å². The molecule has 0 aromatic heterocycles. The van der Waals surface area contributed by atoms with Gasteiger partial charge in [-0.2, -0.15) is 0 Å². The van der Waals surface area contributed by atoms with Gasteiger partial charge in [-0.15, -0.1) is 13.0 Å². The Morgan fingerprint density at radius 3 is 2.39 bits per heavy atom. The molecule has 0 unspecified atom stereocenters. The van der Waals surface area contributed by atoms with Gasteiger partial charge < -0.3 is 14.8 Å². The van der Waals surface area contributed by atoms with Crippen molar-refractivity contribution < 1.29 is 9.47 Å². The first-order chi connectivity index (χ1) is 15.9. The van der Waals surface area contributed by atoms with Crippen LogP contribution in [-0.2, 0) is 9.47 Å². The van der Waals surface area contributed by atoms with Crippen LogP contribution in [0.2, 0.25) is 0 Å². The number of rotatable bonds is 10. The fourth-order valence-corrected chi connectivity index (χ4v) is 2.63. The predicted octanol–water partition coefficient (Wildman–Crippen LogP) is 7.60. The van der Waals surface area contributed by atoms with Crippen LogP contribution in [0.4, 0.5) is 0 Å². The van der Waals surface area contributed by atoms with E-state index in [1.54, 1.807) is 19.3 Å². The van der Waals surface area contributed by atoms with Gasteiger partial charge in [0.25, 0.3) is 0 Å². The SMILES string of the molecule is C#CCOC1=C(/C(C)=C/C=C(\C=C)OC)C=C(CN[C@H](C)/C(C)=C/C)CC=C1.C=CC.CC. The average Bonchev–Trinajstić information content (AvgIpc) is 3.05. The molecule has 0 aromatic rings. The maximum atomic E-state index is 5.80. The second-order valence-electron chi connectivity index (χ2n) is 7.05. The van der Waals surface area contributed by atoms with Crippen LogP contribution in [0, 0.1) is 12.3 Å². The highest BCUT2D eigenvalue weighted by Gasteiger charge is 2.12. The molecule has 0 spiro atoms. The van der Waals surface area contributed by atoms with E-state index in [2.05, 4.69) is 70.3 Å². The number of ether oxygens (including phenoxy) is 2. The van der Waals surface area contributed by atoms with E-state index in [-0.39, 0.29) is 6.61 Å². The first kappa shape index (κ1) is 32.2. The quantitative estimate of drug-likeness (QED) is 0.160. The Balaban J connectivity index is 0. The molecule has 0 aliphatic heterocycles. The molecule has 0 aromatic carbocycles. The number of terminal acetylenes is 1. The predicted molar refractivity (Wildman–Crippen MR) is 147 cm³/mol. The van der Waals surface area contributed by atoms with Gasteiger partial charge in [0.05, 0.1) is 7.11 Å². The lowest BCUT2D eigenvalue weighted by Gasteiger charge is -2.16. The normalized spacial score (nSPS) is 14.9. The summed E-state index contributed by atoms with van der Waals surface area (Å²) < 4.78 is 11.1. The van der Waals surface area contributed by atoms with Gasteiger partial charge in [0.1, 0.15) is 18.1 Å². The molecule has 0 bridgehead atoms. The van der Waals surface area contributed by atoms with E-state index in [1.807, 2.05) is 39.0 Å². The van der Waals surface area contributed by atoms with Crippen molar-refractivity contribution in [2.75, 3.05) is 20.3 Å². The summed E-state index contributed by atoms with van der Waals surface area (Å²) in [6, 6.07) is 0.333. The lowest BCUT2D eigenvalue weighted by molar-refractivity contribution is 0.265. The van der Waals surface area contributed by atoms with Crippen molar-refractivity contribution in [3.8, 4) is 12.3 Å². The van der Waals surface area contributed by atoms with E-state index in [0.717, 1.165) is 29.9 Å². The van der Waals surface area contributed by atoms with Crippen LogP contribution in [0.5, 0.6) is 0 Å². The Morgan fingerprint density at radius 2 is 1.88 bits per heavy atom. The molecule has 1 aliphatic rings. The van der Waals surface area contributed by atoms with Crippen molar-refractivity contribution in [2.45, 2.75) is 60.9 Å². The minimum Gasteiger partial charge on any atom is -0.497 e. The number of allylic oxidation sites excluding steroid dienone is 10. The zero-order valence-electron chi connectivity index (χ0n) is 22.1. The minimum absolute atomic E-state index is 0.237. The van der Waals surface area contributed by atoms with Crippen molar-refractivity contribution in [1.29, 1.82) is 0 Å². The van der Waals surface area contributed by atoms with Crippen molar-refractivity contribution in [3.63, 3.8) is 0 Å². The third-order valence-electron chi connectivity index (χ3n) is 4.71. The Labute approximate surface area is 204 Å². The summed E-state index contributed by atoms with van der Waals surface area (Å²) in [7, 11) is 1.63. The van der Waals surface area contributed by atoms with Crippen molar-refractivity contribution in [1.82, 2.24) is 5.32 Å². The molecule has 1 aliphatic carbocycles. The molecular formula is C30H45NO2. The van der Waals surface area contributed by atoms with Gasteiger partial charge in [-0.3, -0.25) is 0 Å². The van der Waals surface area contributed by atoms with Gasteiger partial charge in [0, 0.05) is 18.2 Å². The largest absolute Gasteiger partial charge is 0.497 e. The van der Waals surface area contributed by atoms with Crippen molar-refractivity contribution >= 4 is 0 Å². The third kappa shape index (κ3) is 13.9. The van der Waals surface area contributed by atoms with Crippen LogP contribution >= 0.6 is 0 Å². The van der Waals surface area contributed by atoms with Gasteiger partial charge in [-0.05, 0) is 64.8 Å². The highest BCUT2D eigenvalue weighted by Crippen LogP contribution is 2.25. The van der Waals surface area contributed by atoms with Gasteiger partial charge in [0.2, 0.25) is 0 Å². The van der Waals surface area contributed by atoms with E-state index >= 15 is 0 Å². The van der Waals surface area contributed by atoms with Crippen LogP contribution in [0.25, 0.3) is 0 Å². The van der Waals surface area contributed by atoms with E-state index in [1.165, 1.54) is 11.1 Å². The van der Waals surface area contributed by atoms with Gasteiger partial charge in [-0.1, -0.05) is 67.9 Å². The molecule has 0 fully saturated rings. The Morgan fingerprint density at radius 1 is 1.24 bits per heavy atom. The summed E-state index contributed by atoms with van der Waals surface area (Å²) >= 11 is 0. The number of hydrogen-bond acceptors (Lipinski definition) is 3. The van der Waals surface area contributed by atoms with Gasteiger partial charge >= 0.3 is 0 Å². The van der Waals surface area contributed by atoms with Crippen LogP contribution in [0.1, 0.15) is 54.9 Å². The summed E-state index contributed by atoms with van der Waals surface area (Å²) in [5.74, 6) is 4.03. The molecule has 0 saturated carbocycles. The summed E-state index contributed by atoms with van der Waals surface area (Å²) in [6.07, 6.45) is 22.0. The van der Waals surface area contributed by atoms with Crippen LogP contribution in [0.3, 0.4) is 0 Å². The molecular weight excluding hydrogens is 406 g/mol. The zero-order valence-corrected chi connectivity index (χ0v) is 22.1. The Bertz CT molecular complexity index is 811. The molecule has 3 heteroatoms. The second-order valence-corrected chi connectivity index (χ2v) is 7.05. The van der Waals surface area contributed by atoms with Gasteiger partial charge in [-0.25, -0.2) is 0 Å². The summed E-state index contributed by atoms with van der Waals surface area (Å²) in [6.45, 7) is 22.5. The highest BCUT2D eigenvalue weighted by atomic mass is 16.5. The topological polar surface area (TPSA) is 30.5 Å². The van der Waals surface area contributed by atoms with E-state index in [9.17, 15) is 0 Å². The lowest BCUT2D eigenvalue weighted by atomic mass is 10.0. The van der Waals surface area contributed by atoms with E-state index < -0.39 is 0 Å². The summed E-state index contributed by atoms with van der Waals surface area (Å²) in [4.78, 5) is 0. The standard InChI is InChI=1S/C25H33NO2.C3H6.C2H6/c1-8-16-28-25-13-11-12-22(18-26-21(6)19(4)9-2)17-24(25)20(5)14-15-23(10-3)27-7;1-3-2;1-2/h1,9-11,13-15,17,21,26H,3,12,16,18H2,2,4-7H3;3H,1H2,2H3;1-2H3/b19-9+,20-14+,23-15+;;/t21-;;/m1../s1. The second kappa shape index (κ2) is 20.9. The van der Waals surface area contributed by atoms with Gasteiger partial charge in [0.15, 0.2) is 0 Å². The molecule has 0 saturated heterocycles. The fraction of sp³-hybridized carbons (Fsp3) is 0.400. The summed E-state index contributed by atoms with van der Waals surface area (Å²) in [5.41, 5.74) is 4.70. The maximum absolute atomic E-state index is 5.80. The Kier molecular flexibility index (Phi) is 20.4. The van der Waals surface area contributed by atoms with Crippen molar-refractivity contribution in [2.24, 2.45) is 0 Å². The van der Waals surface area contributed by atoms with E-state index in [0.29, 0.717) is 11.8 Å². The first-order valence-corrected chi connectivity index (χ1v) is 11.5. The smallest absolute Gasteiger partial charge is 0.148 e. The molecule has 0 heterocycles. The molecule has 1 rings (SSSR count). The fourth-order valence-electron chi connectivity index (χ4n) is 2.63. The zero-order chi connectivity index (χ0) is 25.6. The molecule has 0 amide bonds. The minimum atomic E-state index is 0.237. The molecule has 0 radical (unpaired) electrons. The van der Waals surface area contributed by atoms with Crippen LogP contribution in [0.15, 0.2) is 95.6 Å². The number of methoxy groups -OCH3 is 1. The Hall–Kier alpha value is -2.96. The molecule has 182 valence electrons. The average molecular weight is 452 g/mol. The van der Waals surface area contributed by atoms with E-state index in [4.69, 9.17) is 15.9 Å². The molecule has 1 atom stereocenters. The highest BCUT2D eigenvalue weighted by molar-refractivity contribution is 5.49. The van der Waals surface area contributed by atoms with Crippen molar-refractivity contribution in [3.05, 3.63) is 95.6 Å². The van der Waals surface area contributed by atoms with Crippen LogP contribution in [-0.4, -0.2) is 26.3 Å². The molecule has 3 nitrogen and oxygen atoms in total. The number of nitrogens with one attached hydrogen (secondary N) is 1. The maximum Gasteiger partial charge on any atom is 0.148 e. The summed E-state index contributed by atoms with van der Waals surface area (Å²) in [5, 5.41) is 3.59. The molecule has 1 N–H and O–H groups in total. The number of hydrogen-bond donors (Lipinski definition) is 1. The third-order valence-corrected chi connectivity index (χ3v) is 4.71.